The molecule has 0 radical (unpaired) electrons. The first-order valence-corrected chi connectivity index (χ1v) is 4.97. The third-order valence-electron chi connectivity index (χ3n) is 2.60. The van der Waals surface area contributed by atoms with Crippen LogP contribution in [0.5, 0.6) is 0 Å². The molecule has 1 fully saturated rings. The topological polar surface area (TPSA) is 46.3 Å². The summed E-state index contributed by atoms with van der Waals surface area (Å²) < 4.78 is 12.6. The van der Waals surface area contributed by atoms with Crippen molar-refractivity contribution >= 4 is 18.3 Å². The predicted molar refractivity (Wildman–Crippen MR) is 62.1 cm³/mol. The Bertz CT molecular complexity index is 369. The minimum Gasteiger partial charge on any atom is -0.337 e. The van der Waals surface area contributed by atoms with E-state index in [2.05, 4.69) is 0 Å². The zero-order valence-corrected chi connectivity index (χ0v) is 9.54. The van der Waals surface area contributed by atoms with Crippen molar-refractivity contribution in [2.45, 2.75) is 12.5 Å². The Labute approximate surface area is 99.8 Å². The van der Waals surface area contributed by atoms with Crippen LogP contribution in [-0.4, -0.2) is 29.9 Å². The van der Waals surface area contributed by atoms with Crippen LogP contribution in [0, 0.1) is 5.82 Å². The molecule has 1 aliphatic rings. The number of rotatable bonds is 1. The van der Waals surface area contributed by atoms with Gasteiger partial charge in [0.05, 0.1) is 0 Å². The highest BCUT2D eigenvalue weighted by Crippen LogP contribution is 2.12. The summed E-state index contributed by atoms with van der Waals surface area (Å²) in [4.78, 5) is 13.6. The van der Waals surface area contributed by atoms with E-state index in [4.69, 9.17) is 5.73 Å². The molecule has 88 valence electrons. The lowest BCUT2D eigenvalue weighted by Crippen LogP contribution is -2.31. The van der Waals surface area contributed by atoms with E-state index in [0.29, 0.717) is 18.7 Å². The standard InChI is InChI=1S/C11H13FN2O.ClH/c12-9-3-1-8(2-4-9)11(15)14-6-5-10(13)7-14;/h1-4,10H,5-7,13H2;1H/t10-;/m1./s1. The SMILES string of the molecule is Cl.N[C@@H]1CCN(C(=O)c2ccc(F)cc2)C1. The van der Waals surface area contributed by atoms with Crippen LogP contribution in [-0.2, 0) is 0 Å². The van der Waals surface area contributed by atoms with Crippen LogP contribution in [0.15, 0.2) is 24.3 Å². The molecule has 0 saturated carbocycles. The van der Waals surface area contributed by atoms with Gasteiger partial charge in [0.1, 0.15) is 5.82 Å². The lowest BCUT2D eigenvalue weighted by molar-refractivity contribution is 0.0791. The highest BCUT2D eigenvalue weighted by Gasteiger charge is 2.24. The quantitative estimate of drug-likeness (QED) is 0.812. The maximum Gasteiger partial charge on any atom is 0.253 e. The van der Waals surface area contributed by atoms with Gasteiger partial charge in [0.15, 0.2) is 0 Å². The van der Waals surface area contributed by atoms with Crippen LogP contribution in [0.1, 0.15) is 16.8 Å². The number of nitrogens with two attached hydrogens (primary N) is 1. The van der Waals surface area contributed by atoms with Crippen molar-refractivity contribution in [2.75, 3.05) is 13.1 Å². The van der Waals surface area contributed by atoms with Crippen molar-refractivity contribution < 1.29 is 9.18 Å². The third-order valence-corrected chi connectivity index (χ3v) is 2.60. The number of carbonyl (C=O) groups excluding carboxylic acids is 1. The smallest absolute Gasteiger partial charge is 0.253 e. The molecule has 0 aliphatic carbocycles. The van der Waals surface area contributed by atoms with Gasteiger partial charge in [0, 0.05) is 24.7 Å². The van der Waals surface area contributed by atoms with Gasteiger partial charge < -0.3 is 10.6 Å². The Morgan fingerprint density at radius 2 is 2.00 bits per heavy atom. The summed E-state index contributed by atoms with van der Waals surface area (Å²) in [6.45, 7) is 1.29. The molecule has 0 bridgehead atoms. The monoisotopic (exact) mass is 244 g/mol. The van der Waals surface area contributed by atoms with E-state index in [1.807, 2.05) is 0 Å². The second-order valence-corrected chi connectivity index (χ2v) is 3.81. The van der Waals surface area contributed by atoms with Crippen molar-refractivity contribution in [2.24, 2.45) is 5.73 Å². The summed E-state index contributed by atoms with van der Waals surface area (Å²) in [6, 6.07) is 5.67. The Balaban J connectivity index is 0.00000128. The summed E-state index contributed by atoms with van der Waals surface area (Å²) in [6.07, 6.45) is 0.840. The molecule has 16 heavy (non-hydrogen) atoms. The molecule has 1 aliphatic heterocycles. The molecule has 2 rings (SSSR count). The predicted octanol–water partition coefficient (Wildman–Crippen LogP) is 1.42. The van der Waals surface area contributed by atoms with Crippen LogP contribution in [0.25, 0.3) is 0 Å². The van der Waals surface area contributed by atoms with Crippen molar-refractivity contribution in [3.8, 4) is 0 Å². The average Bonchev–Trinajstić information content (AvgIpc) is 2.65. The van der Waals surface area contributed by atoms with E-state index in [9.17, 15) is 9.18 Å². The molecule has 3 nitrogen and oxygen atoms in total. The fourth-order valence-corrected chi connectivity index (χ4v) is 1.75. The molecule has 0 unspecified atom stereocenters. The van der Waals surface area contributed by atoms with Crippen LogP contribution in [0.3, 0.4) is 0 Å². The van der Waals surface area contributed by atoms with Crippen molar-refractivity contribution in [1.82, 2.24) is 4.90 Å². The first-order valence-electron chi connectivity index (χ1n) is 4.97. The first kappa shape index (κ1) is 12.9. The molecule has 1 atom stereocenters. The van der Waals surface area contributed by atoms with Gasteiger partial charge in [-0.15, -0.1) is 12.4 Å². The lowest BCUT2D eigenvalue weighted by atomic mass is 10.2. The van der Waals surface area contributed by atoms with Gasteiger partial charge in [-0.2, -0.15) is 0 Å². The Hall–Kier alpha value is -1.13. The highest BCUT2D eigenvalue weighted by atomic mass is 35.5. The van der Waals surface area contributed by atoms with E-state index < -0.39 is 0 Å². The number of nitrogens with zero attached hydrogens (tertiary/aromatic N) is 1. The molecule has 0 spiro atoms. The lowest BCUT2D eigenvalue weighted by Gasteiger charge is -2.15. The fraction of sp³-hybridized carbons (Fsp3) is 0.364. The fourth-order valence-electron chi connectivity index (χ4n) is 1.75. The van der Waals surface area contributed by atoms with Crippen molar-refractivity contribution in [3.05, 3.63) is 35.6 Å². The second-order valence-electron chi connectivity index (χ2n) is 3.81. The number of carbonyl (C=O) groups is 1. The van der Waals surface area contributed by atoms with Gasteiger partial charge >= 0.3 is 0 Å². The molecule has 1 amide bonds. The van der Waals surface area contributed by atoms with E-state index in [1.54, 1.807) is 4.90 Å². The zero-order chi connectivity index (χ0) is 10.8. The molecular formula is C11H14ClFN2O. The van der Waals surface area contributed by atoms with Crippen LogP contribution in [0.4, 0.5) is 4.39 Å². The van der Waals surface area contributed by atoms with E-state index in [1.165, 1.54) is 24.3 Å². The van der Waals surface area contributed by atoms with Crippen LogP contribution < -0.4 is 5.73 Å². The van der Waals surface area contributed by atoms with E-state index in [-0.39, 0.29) is 30.2 Å². The minimum absolute atomic E-state index is 0. The Morgan fingerprint density at radius 1 is 1.38 bits per heavy atom. The molecular weight excluding hydrogens is 231 g/mol. The van der Waals surface area contributed by atoms with Crippen molar-refractivity contribution in [3.63, 3.8) is 0 Å². The molecule has 0 aromatic heterocycles. The van der Waals surface area contributed by atoms with E-state index >= 15 is 0 Å². The normalized spacial score (nSPS) is 19.4. The molecule has 2 N–H and O–H groups in total. The van der Waals surface area contributed by atoms with Gasteiger partial charge in [-0.3, -0.25) is 4.79 Å². The minimum atomic E-state index is -0.329. The first-order chi connectivity index (χ1) is 7.16. The van der Waals surface area contributed by atoms with Crippen LogP contribution in [0.2, 0.25) is 0 Å². The number of hydrogen-bond acceptors (Lipinski definition) is 2. The molecule has 1 aromatic rings. The maximum absolute atomic E-state index is 12.6. The zero-order valence-electron chi connectivity index (χ0n) is 8.73. The molecule has 1 saturated heterocycles. The number of benzene rings is 1. The van der Waals surface area contributed by atoms with Gasteiger partial charge in [0.25, 0.3) is 5.91 Å². The third kappa shape index (κ3) is 2.71. The highest BCUT2D eigenvalue weighted by molar-refractivity contribution is 5.94. The summed E-state index contributed by atoms with van der Waals surface area (Å²) in [5, 5.41) is 0. The second kappa shape index (κ2) is 5.27. The van der Waals surface area contributed by atoms with Crippen LogP contribution >= 0.6 is 12.4 Å². The van der Waals surface area contributed by atoms with E-state index in [0.717, 1.165) is 6.42 Å². The molecule has 1 aromatic carbocycles. The van der Waals surface area contributed by atoms with Gasteiger partial charge in [0.2, 0.25) is 0 Å². The number of halogens is 2. The number of amides is 1. The summed E-state index contributed by atoms with van der Waals surface area (Å²) in [5.41, 5.74) is 6.23. The molecule has 5 heteroatoms. The maximum atomic E-state index is 12.6. The summed E-state index contributed by atoms with van der Waals surface area (Å²) in [5.74, 6) is -0.396. The van der Waals surface area contributed by atoms with Gasteiger partial charge in [-0.25, -0.2) is 4.39 Å². The molecule has 1 heterocycles. The Morgan fingerprint density at radius 3 is 2.50 bits per heavy atom. The average molecular weight is 245 g/mol. The van der Waals surface area contributed by atoms with Gasteiger partial charge in [-0.05, 0) is 30.7 Å². The Kier molecular flexibility index (Phi) is 4.26. The largest absolute Gasteiger partial charge is 0.337 e. The number of hydrogen-bond donors (Lipinski definition) is 1. The van der Waals surface area contributed by atoms with Crippen molar-refractivity contribution in [1.29, 1.82) is 0 Å². The summed E-state index contributed by atoms with van der Waals surface area (Å²) >= 11 is 0. The summed E-state index contributed by atoms with van der Waals surface area (Å²) in [7, 11) is 0. The number of likely N-dealkylation sites (tertiary alicyclic amines) is 1. The van der Waals surface area contributed by atoms with Gasteiger partial charge in [-0.1, -0.05) is 0 Å².